The highest BCUT2D eigenvalue weighted by molar-refractivity contribution is 6.02. The summed E-state index contributed by atoms with van der Waals surface area (Å²) in [5, 5.41) is 2.49. The van der Waals surface area contributed by atoms with Gasteiger partial charge in [0.25, 0.3) is 5.91 Å². The van der Waals surface area contributed by atoms with E-state index in [0.717, 1.165) is 0 Å². The van der Waals surface area contributed by atoms with Crippen LogP contribution in [0.3, 0.4) is 0 Å². The van der Waals surface area contributed by atoms with Gasteiger partial charge in [-0.05, 0) is 12.5 Å². The number of likely N-dealkylation sites (tertiary alicyclic amines) is 1. The third-order valence-corrected chi connectivity index (χ3v) is 3.46. The van der Waals surface area contributed by atoms with Crippen LogP contribution in [0.2, 0.25) is 0 Å². The van der Waals surface area contributed by atoms with Crippen molar-refractivity contribution in [3.05, 3.63) is 24.2 Å². The molecule has 0 aliphatic carbocycles. The number of nitrogens with one attached hydrogen (secondary N) is 1. The lowest BCUT2D eigenvalue weighted by molar-refractivity contribution is -0.126. The van der Waals surface area contributed by atoms with E-state index in [-0.39, 0.29) is 30.4 Å². The van der Waals surface area contributed by atoms with Crippen molar-refractivity contribution >= 4 is 17.8 Å². The zero-order valence-electron chi connectivity index (χ0n) is 10.2. The first kappa shape index (κ1) is 11.8. The number of rotatable bonds is 2. The van der Waals surface area contributed by atoms with Gasteiger partial charge in [-0.1, -0.05) is 0 Å². The van der Waals surface area contributed by atoms with Crippen molar-refractivity contribution in [2.45, 2.75) is 12.5 Å². The van der Waals surface area contributed by atoms with Gasteiger partial charge in [-0.15, -0.1) is 0 Å². The summed E-state index contributed by atoms with van der Waals surface area (Å²) >= 11 is 0. The Hall–Kier alpha value is -2.31. The number of carbonyl (C=O) groups is 3. The first-order valence-corrected chi connectivity index (χ1v) is 6.08. The van der Waals surface area contributed by atoms with Gasteiger partial charge in [-0.2, -0.15) is 0 Å². The van der Waals surface area contributed by atoms with Gasteiger partial charge in [0.1, 0.15) is 6.26 Å². The molecule has 0 spiro atoms. The standard InChI is InChI=1S/C12H13N3O4/c16-10-5-13-12(18)15(10)9-1-3-14(6-9)11(17)8-2-4-19-7-8/h2,4,7,9H,1,3,5-6H2,(H,13,18). The molecule has 2 aliphatic heterocycles. The first-order chi connectivity index (χ1) is 9.16. The van der Waals surface area contributed by atoms with E-state index in [2.05, 4.69) is 5.32 Å². The molecule has 2 aliphatic rings. The van der Waals surface area contributed by atoms with E-state index < -0.39 is 0 Å². The molecule has 4 amide bonds. The molecule has 1 aromatic rings. The van der Waals surface area contributed by atoms with E-state index >= 15 is 0 Å². The maximum Gasteiger partial charge on any atom is 0.324 e. The Morgan fingerprint density at radius 3 is 2.89 bits per heavy atom. The van der Waals surface area contributed by atoms with Gasteiger partial charge in [0.15, 0.2) is 0 Å². The molecule has 1 N–H and O–H groups in total. The number of furan rings is 1. The lowest BCUT2D eigenvalue weighted by atomic mass is 10.2. The second kappa shape index (κ2) is 4.42. The Morgan fingerprint density at radius 1 is 1.42 bits per heavy atom. The molecular weight excluding hydrogens is 250 g/mol. The quantitative estimate of drug-likeness (QED) is 0.764. The van der Waals surface area contributed by atoms with Crippen molar-refractivity contribution in [1.82, 2.24) is 15.1 Å². The summed E-state index contributed by atoms with van der Waals surface area (Å²) in [4.78, 5) is 38.1. The van der Waals surface area contributed by atoms with Crippen LogP contribution >= 0.6 is 0 Å². The van der Waals surface area contributed by atoms with E-state index in [1.807, 2.05) is 0 Å². The van der Waals surface area contributed by atoms with Crippen LogP contribution in [0.4, 0.5) is 4.79 Å². The highest BCUT2D eigenvalue weighted by Crippen LogP contribution is 2.20. The van der Waals surface area contributed by atoms with Gasteiger partial charge in [0.05, 0.1) is 24.4 Å². The van der Waals surface area contributed by atoms with Crippen molar-refractivity contribution < 1.29 is 18.8 Å². The van der Waals surface area contributed by atoms with E-state index in [0.29, 0.717) is 25.1 Å². The first-order valence-electron chi connectivity index (χ1n) is 6.08. The predicted molar refractivity (Wildman–Crippen MR) is 63.3 cm³/mol. The molecule has 0 bridgehead atoms. The van der Waals surface area contributed by atoms with Crippen molar-refractivity contribution in [2.24, 2.45) is 0 Å². The maximum absolute atomic E-state index is 12.1. The SMILES string of the molecule is O=C(c1ccoc1)N1CCC(N2C(=O)CNC2=O)C1. The largest absolute Gasteiger partial charge is 0.472 e. The average molecular weight is 263 g/mol. The molecular formula is C12H13N3O4. The van der Waals surface area contributed by atoms with Crippen LogP contribution in [0.25, 0.3) is 0 Å². The van der Waals surface area contributed by atoms with Crippen LogP contribution in [0, 0.1) is 0 Å². The van der Waals surface area contributed by atoms with Crippen LogP contribution in [0.15, 0.2) is 23.0 Å². The van der Waals surface area contributed by atoms with Crippen LogP contribution in [0.5, 0.6) is 0 Å². The Bertz CT molecular complexity index is 509. The van der Waals surface area contributed by atoms with E-state index in [1.165, 1.54) is 17.4 Å². The van der Waals surface area contributed by atoms with Gasteiger partial charge in [0.2, 0.25) is 5.91 Å². The summed E-state index contributed by atoms with van der Waals surface area (Å²) < 4.78 is 4.88. The molecule has 0 saturated carbocycles. The molecule has 3 rings (SSSR count). The average Bonchev–Trinajstić information content (AvgIpc) is 3.10. The Labute approximate surface area is 109 Å². The smallest absolute Gasteiger partial charge is 0.324 e. The molecule has 2 fully saturated rings. The molecule has 7 heteroatoms. The molecule has 3 heterocycles. The predicted octanol–water partition coefficient (Wildman–Crippen LogP) is 0.0459. The minimum atomic E-state index is -0.368. The lowest BCUT2D eigenvalue weighted by Crippen LogP contribution is -2.42. The third kappa shape index (κ3) is 1.96. The van der Waals surface area contributed by atoms with E-state index in [1.54, 1.807) is 11.0 Å². The number of carbonyl (C=O) groups excluding carboxylic acids is 3. The fourth-order valence-electron chi connectivity index (χ4n) is 2.51. The third-order valence-electron chi connectivity index (χ3n) is 3.46. The number of imide groups is 1. The fourth-order valence-corrected chi connectivity index (χ4v) is 2.51. The molecule has 1 unspecified atom stereocenters. The van der Waals surface area contributed by atoms with Crippen LogP contribution in [-0.2, 0) is 4.79 Å². The second-order valence-electron chi connectivity index (χ2n) is 4.63. The van der Waals surface area contributed by atoms with E-state index in [4.69, 9.17) is 4.42 Å². The molecule has 100 valence electrons. The molecule has 1 aromatic heterocycles. The number of urea groups is 1. The zero-order valence-corrected chi connectivity index (χ0v) is 10.2. The number of hydrogen-bond acceptors (Lipinski definition) is 4. The summed E-state index contributed by atoms with van der Waals surface area (Å²) in [6, 6.07) is 1.00. The van der Waals surface area contributed by atoms with Gasteiger partial charge in [0, 0.05) is 13.1 Å². The zero-order chi connectivity index (χ0) is 13.4. The Kier molecular flexibility index (Phi) is 2.73. The lowest BCUT2D eigenvalue weighted by Gasteiger charge is -2.21. The highest BCUT2D eigenvalue weighted by atomic mass is 16.3. The highest BCUT2D eigenvalue weighted by Gasteiger charge is 2.39. The normalized spacial score (nSPS) is 23.1. The van der Waals surface area contributed by atoms with Crippen molar-refractivity contribution in [1.29, 1.82) is 0 Å². The van der Waals surface area contributed by atoms with Crippen LogP contribution < -0.4 is 5.32 Å². The molecule has 7 nitrogen and oxygen atoms in total. The fraction of sp³-hybridized carbons (Fsp3) is 0.417. The summed E-state index contributed by atoms with van der Waals surface area (Å²) in [6.07, 6.45) is 3.45. The maximum atomic E-state index is 12.1. The molecule has 0 aromatic carbocycles. The molecule has 1 atom stereocenters. The number of hydrogen-bond donors (Lipinski definition) is 1. The van der Waals surface area contributed by atoms with Gasteiger partial charge in [-0.25, -0.2) is 4.79 Å². The summed E-state index contributed by atoms with van der Waals surface area (Å²) in [6.45, 7) is 0.958. The van der Waals surface area contributed by atoms with Gasteiger partial charge >= 0.3 is 6.03 Å². The van der Waals surface area contributed by atoms with Crippen molar-refractivity contribution in [3.8, 4) is 0 Å². The topological polar surface area (TPSA) is 82.9 Å². The van der Waals surface area contributed by atoms with E-state index in [9.17, 15) is 14.4 Å². The molecule has 2 saturated heterocycles. The second-order valence-corrected chi connectivity index (χ2v) is 4.63. The minimum Gasteiger partial charge on any atom is -0.472 e. The van der Waals surface area contributed by atoms with Gasteiger partial charge < -0.3 is 14.6 Å². The van der Waals surface area contributed by atoms with Crippen molar-refractivity contribution in [2.75, 3.05) is 19.6 Å². The van der Waals surface area contributed by atoms with Crippen LogP contribution in [-0.4, -0.2) is 53.3 Å². The minimum absolute atomic E-state index is 0.0466. The molecule has 19 heavy (non-hydrogen) atoms. The molecule has 0 radical (unpaired) electrons. The monoisotopic (exact) mass is 263 g/mol. The summed E-state index contributed by atoms with van der Waals surface area (Å²) in [5.41, 5.74) is 0.484. The van der Waals surface area contributed by atoms with Crippen molar-refractivity contribution in [3.63, 3.8) is 0 Å². The summed E-state index contributed by atoms with van der Waals surface area (Å²) in [5.74, 6) is -0.365. The Morgan fingerprint density at radius 2 is 2.26 bits per heavy atom. The van der Waals surface area contributed by atoms with Gasteiger partial charge in [-0.3, -0.25) is 14.5 Å². The number of nitrogens with zero attached hydrogens (tertiary/aromatic N) is 2. The van der Waals surface area contributed by atoms with Crippen LogP contribution in [0.1, 0.15) is 16.8 Å². The number of amides is 4. The summed E-state index contributed by atoms with van der Waals surface area (Å²) in [7, 11) is 0. The Balaban J connectivity index is 1.69.